The lowest BCUT2D eigenvalue weighted by molar-refractivity contribution is -0.0500. The molecule has 31 heavy (non-hydrogen) atoms. The molecule has 2 aromatic rings. The van der Waals surface area contributed by atoms with Crippen molar-refractivity contribution < 1.29 is 49.6 Å². The van der Waals surface area contributed by atoms with Gasteiger partial charge in [0.15, 0.2) is 22.9 Å². The van der Waals surface area contributed by atoms with Crippen LogP contribution in [-0.2, 0) is 19.6 Å². The molecule has 0 amide bonds. The number of pyridine rings is 1. The zero-order chi connectivity index (χ0) is 23.6. The lowest BCUT2D eigenvalue weighted by atomic mass is 10.1. The topological polar surface area (TPSA) is 139 Å². The molecule has 168 valence electrons. The molecule has 0 unspecified atom stereocenters. The van der Waals surface area contributed by atoms with Crippen molar-refractivity contribution in [2.75, 3.05) is 19.5 Å². The third-order valence-electron chi connectivity index (χ3n) is 3.36. The van der Waals surface area contributed by atoms with E-state index in [1.165, 1.54) is 5.38 Å². The Morgan fingerprint density at radius 1 is 1.10 bits per heavy atom. The number of aromatic nitrogens is 2. The summed E-state index contributed by atoms with van der Waals surface area (Å²) in [6.07, 6.45) is 0. The fraction of sp³-hybridized carbons (Fsp3) is 0.267. The van der Waals surface area contributed by atoms with E-state index in [2.05, 4.69) is 39.6 Å². The highest BCUT2D eigenvalue weighted by atomic mass is 79.9. The van der Waals surface area contributed by atoms with E-state index in [0.717, 1.165) is 25.6 Å². The fourth-order valence-electron chi connectivity index (χ4n) is 2.00. The van der Waals surface area contributed by atoms with Crippen molar-refractivity contribution >= 4 is 55.1 Å². The minimum atomic E-state index is -6.20. The largest absolute Gasteiger partial charge is 0.534 e. The maximum atomic E-state index is 12.8. The number of Topliss-reactive ketones (excluding diaryl/α,β-unsaturated/α-hetero) is 1. The van der Waals surface area contributed by atoms with E-state index in [9.17, 15) is 36.0 Å². The van der Waals surface area contributed by atoms with Crippen molar-refractivity contribution in [3.05, 3.63) is 28.5 Å². The Balaban J connectivity index is 2.79. The molecule has 0 fully saturated rings. The number of halogens is 4. The second kappa shape index (κ2) is 9.27. The van der Waals surface area contributed by atoms with Crippen LogP contribution in [0.1, 0.15) is 31.5 Å². The zero-order valence-electron chi connectivity index (χ0n) is 15.4. The van der Waals surface area contributed by atoms with Crippen LogP contribution in [0.15, 0.2) is 11.4 Å². The first kappa shape index (κ1) is 24.7. The van der Waals surface area contributed by atoms with Crippen LogP contribution in [0, 0.1) is 0 Å². The van der Waals surface area contributed by atoms with E-state index in [1.54, 1.807) is 0 Å². The SMILES string of the molecule is COC(=O)c1csc(-c2cc(OS(=O)(=O)C(F)(F)F)c(C(=O)OC)nc2C(=O)CBr)n1. The van der Waals surface area contributed by atoms with E-state index in [4.69, 9.17) is 0 Å². The van der Waals surface area contributed by atoms with Crippen molar-refractivity contribution in [3.63, 3.8) is 0 Å². The summed E-state index contributed by atoms with van der Waals surface area (Å²) >= 11 is 3.68. The number of ketones is 1. The Kier molecular flexibility index (Phi) is 7.38. The first-order valence-electron chi connectivity index (χ1n) is 7.63. The molecule has 10 nitrogen and oxygen atoms in total. The van der Waals surface area contributed by atoms with Crippen LogP contribution in [0.3, 0.4) is 0 Å². The molecular formula is C15H10BrF3N2O8S2. The van der Waals surface area contributed by atoms with E-state index in [-0.39, 0.29) is 21.6 Å². The van der Waals surface area contributed by atoms with Crippen LogP contribution in [0.4, 0.5) is 13.2 Å². The number of hydrogen-bond donors (Lipinski definition) is 0. The molecule has 16 heteroatoms. The smallest absolute Gasteiger partial charge is 0.464 e. The molecule has 0 saturated carbocycles. The maximum Gasteiger partial charge on any atom is 0.534 e. The highest BCUT2D eigenvalue weighted by molar-refractivity contribution is 9.09. The zero-order valence-corrected chi connectivity index (χ0v) is 18.6. The Hall–Kier alpha value is -2.59. The van der Waals surface area contributed by atoms with Gasteiger partial charge < -0.3 is 13.7 Å². The Labute approximate surface area is 184 Å². The molecule has 2 aromatic heterocycles. The molecule has 2 rings (SSSR count). The number of hydrogen-bond acceptors (Lipinski definition) is 11. The van der Waals surface area contributed by atoms with E-state index in [0.29, 0.717) is 6.07 Å². The summed E-state index contributed by atoms with van der Waals surface area (Å²) in [7, 11) is -4.26. The van der Waals surface area contributed by atoms with Gasteiger partial charge in [0.1, 0.15) is 10.7 Å². The predicted molar refractivity (Wildman–Crippen MR) is 102 cm³/mol. The molecule has 0 spiro atoms. The van der Waals surface area contributed by atoms with Gasteiger partial charge in [0, 0.05) is 10.9 Å². The summed E-state index contributed by atoms with van der Waals surface area (Å²) in [4.78, 5) is 43.5. The lowest BCUT2D eigenvalue weighted by Crippen LogP contribution is -2.29. The minimum absolute atomic E-state index is 0.108. The molecule has 0 aromatic carbocycles. The second-order valence-electron chi connectivity index (χ2n) is 5.29. The van der Waals surface area contributed by atoms with Gasteiger partial charge in [-0.15, -0.1) is 11.3 Å². The van der Waals surface area contributed by atoms with Gasteiger partial charge in [-0.3, -0.25) is 4.79 Å². The molecule has 0 atom stereocenters. The average molecular weight is 547 g/mol. The number of thiazole rings is 1. The third kappa shape index (κ3) is 5.19. The third-order valence-corrected chi connectivity index (χ3v) is 5.71. The van der Waals surface area contributed by atoms with Crippen molar-refractivity contribution in [2.24, 2.45) is 0 Å². The number of methoxy groups -OCH3 is 2. The number of esters is 2. The monoisotopic (exact) mass is 546 g/mol. The molecule has 0 radical (unpaired) electrons. The van der Waals surface area contributed by atoms with Crippen LogP contribution in [-0.4, -0.2) is 61.2 Å². The first-order valence-corrected chi connectivity index (χ1v) is 11.0. The summed E-state index contributed by atoms with van der Waals surface area (Å²) < 4.78 is 74.2. The number of alkyl halides is 4. The lowest BCUT2D eigenvalue weighted by Gasteiger charge is -2.14. The average Bonchev–Trinajstić information content (AvgIpc) is 3.20. The van der Waals surface area contributed by atoms with Gasteiger partial charge in [-0.05, 0) is 6.07 Å². The van der Waals surface area contributed by atoms with Crippen molar-refractivity contribution in [1.82, 2.24) is 9.97 Å². The van der Waals surface area contributed by atoms with Crippen molar-refractivity contribution in [1.29, 1.82) is 0 Å². The maximum absolute atomic E-state index is 12.8. The van der Waals surface area contributed by atoms with Crippen LogP contribution in [0.2, 0.25) is 0 Å². The standard InChI is InChI=1S/C15H10BrF3N2O8S2/c1-27-13(23)7-5-30-12(20-7)6-3-9(29-31(25,26)15(17,18)19)11(14(24)28-2)21-10(6)8(22)4-16/h3,5H,4H2,1-2H3. The van der Waals surface area contributed by atoms with Crippen molar-refractivity contribution in [2.45, 2.75) is 5.51 Å². The Bertz CT molecular complexity index is 1150. The van der Waals surface area contributed by atoms with Gasteiger partial charge in [0.2, 0.25) is 0 Å². The number of carbonyl (C=O) groups excluding carboxylic acids is 3. The molecule has 0 aliphatic rings. The van der Waals surface area contributed by atoms with Gasteiger partial charge >= 0.3 is 27.6 Å². The Morgan fingerprint density at radius 3 is 2.23 bits per heavy atom. The summed E-state index contributed by atoms with van der Waals surface area (Å²) in [5.41, 5.74) is -7.75. The second-order valence-corrected chi connectivity index (χ2v) is 8.25. The quantitative estimate of drug-likeness (QED) is 0.167. The van der Waals surface area contributed by atoms with Gasteiger partial charge in [-0.2, -0.15) is 21.6 Å². The number of nitrogens with zero attached hydrogens (tertiary/aromatic N) is 2. The van der Waals surface area contributed by atoms with Crippen LogP contribution < -0.4 is 4.18 Å². The first-order chi connectivity index (χ1) is 14.4. The molecule has 0 saturated heterocycles. The molecule has 0 aliphatic carbocycles. The molecule has 0 N–H and O–H groups in total. The number of ether oxygens (including phenoxy) is 2. The molecule has 0 aliphatic heterocycles. The fourth-order valence-corrected chi connectivity index (χ4v) is 3.53. The number of rotatable bonds is 7. The van der Waals surface area contributed by atoms with Gasteiger partial charge in [-0.25, -0.2) is 19.6 Å². The molecule has 2 heterocycles. The van der Waals surface area contributed by atoms with E-state index < -0.39 is 50.5 Å². The van der Waals surface area contributed by atoms with E-state index >= 15 is 0 Å². The molecular weight excluding hydrogens is 537 g/mol. The summed E-state index contributed by atoms with van der Waals surface area (Å²) in [6, 6.07) is 0.665. The van der Waals surface area contributed by atoms with Gasteiger partial charge in [-0.1, -0.05) is 15.9 Å². The van der Waals surface area contributed by atoms with Crippen LogP contribution in [0.5, 0.6) is 5.75 Å². The summed E-state index contributed by atoms with van der Waals surface area (Å²) in [5.74, 6) is -4.09. The highest BCUT2D eigenvalue weighted by Crippen LogP contribution is 2.35. The van der Waals surface area contributed by atoms with E-state index in [1.807, 2.05) is 0 Å². The minimum Gasteiger partial charge on any atom is -0.464 e. The number of carbonyl (C=O) groups is 3. The van der Waals surface area contributed by atoms with Gasteiger partial charge in [0.25, 0.3) is 0 Å². The van der Waals surface area contributed by atoms with Crippen LogP contribution >= 0.6 is 27.3 Å². The Morgan fingerprint density at radius 2 is 1.71 bits per heavy atom. The normalized spacial score (nSPS) is 11.7. The highest BCUT2D eigenvalue weighted by Gasteiger charge is 2.49. The van der Waals surface area contributed by atoms with Crippen molar-refractivity contribution in [3.8, 4) is 16.3 Å². The van der Waals surface area contributed by atoms with Gasteiger partial charge in [0.05, 0.1) is 19.5 Å². The predicted octanol–water partition coefficient (Wildman–Crippen LogP) is 2.58. The summed E-state index contributed by atoms with van der Waals surface area (Å²) in [6.45, 7) is 0. The van der Waals surface area contributed by atoms with Crippen LogP contribution in [0.25, 0.3) is 10.6 Å². The molecule has 0 bridgehead atoms. The summed E-state index contributed by atoms with van der Waals surface area (Å²) in [5, 5.41) is 0.803.